The van der Waals surface area contributed by atoms with Crippen LogP contribution in [0.3, 0.4) is 0 Å². The van der Waals surface area contributed by atoms with Crippen molar-refractivity contribution in [2.24, 2.45) is 5.73 Å². The van der Waals surface area contributed by atoms with Gasteiger partial charge in [-0.1, -0.05) is 19.3 Å². The van der Waals surface area contributed by atoms with E-state index in [2.05, 4.69) is 11.1 Å². The molecule has 0 unspecified atom stereocenters. The highest BCUT2D eigenvalue weighted by Gasteiger charge is 2.23. The summed E-state index contributed by atoms with van der Waals surface area (Å²) in [6, 6.07) is 0.332. The van der Waals surface area contributed by atoms with Gasteiger partial charge >= 0.3 is 12.3 Å². The molecule has 0 heterocycles. The van der Waals surface area contributed by atoms with Crippen molar-refractivity contribution in [2.75, 3.05) is 6.54 Å². The fourth-order valence-electron chi connectivity index (χ4n) is 1.72. The first-order valence-electron chi connectivity index (χ1n) is 6.80. The predicted octanol–water partition coefficient (Wildman–Crippen LogP) is 3.35. The van der Waals surface area contributed by atoms with Crippen LogP contribution in [0.1, 0.15) is 52.9 Å². The molecular formula is C13H25F3N2O2. The zero-order chi connectivity index (χ0) is 15.8. The molecule has 0 spiro atoms. The zero-order valence-corrected chi connectivity index (χ0v) is 12.3. The number of hydrogen-bond acceptors (Lipinski definition) is 3. The third-order valence-electron chi connectivity index (χ3n) is 2.56. The Labute approximate surface area is 118 Å². The van der Waals surface area contributed by atoms with Crippen LogP contribution in [-0.4, -0.2) is 30.5 Å². The van der Waals surface area contributed by atoms with Gasteiger partial charge in [-0.2, -0.15) is 13.2 Å². The Morgan fingerprint density at radius 3 is 2.00 bits per heavy atom. The molecule has 0 bridgehead atoms. The number of hydrogen-bond donors (Lipinski definition) is 2. The first kappa shape index (κ1) is 19.0. The van der Waals surface area contributed by atoms with E-state index < -0.39 is 18.3 Å². The normalized spacial score (nSPS) is 16.9. The molecular weight excluding hydrogens is 273 g/mol. The maximum Gasteiger partial charge on any atom is 0.407 e. The Kier molecular flexibility index (Phi) is 7.93. The van der Waals surface area contributed by atoms with E-state index in [-0.39, 0.29) is 6.09 Å². The lowest BCUT2D eigenvalue weighted by Crippen LogP contribution is -2.39. The van der Waals surface area contributed by atoms with Crippen LogP contribution < -0.4 is 11.1 Å². The zero-order valence-electron chi connectivity index (χ0n) is 12.3. The molecule has 1 aliphatic carbocycles. The number of carbonyl (C=O) groups excluding carboxylic acids is 1. The predicted molar refractivity (Wildman–Crippen MR) is 71.4 cm³/mol. The van der Waals surface area contributed by atoms with Crippen LogP contribution in [0.5, 0.6) is 0 Å². The highest BCUT2D eigenvalue weighted by atomic mass is 19.4. The number of nitrogens with two attached hydrogens (primary N) is 1. The smallest absolute Gasteiger partial charge is 0.407 e. The van der Waals surface area contributed by atoms with Gasteiger partial charge in [-0.15, -0.1) is 0 Å². The van der Waals surface area contributed by atoms with E-state index in [1.54, 1.807) is 0 Å². The highest BCUT2D eigenvalue weighted by Crippen LogP contribution is 2.18. The lowest BCUT2D eigenvalue weighted by atomic mass is 9.96. The van der Waals surface area contributed by atoms with Crippen LogP contribution in [0.4, 0.5) is 18.0 Å². The molecule has 0 radical (unpaired) electrons. The van der Waals surface area contributed by atoms with E-state index in [9.17, 15) is 18.0 Å². The molecule has 1 saturated carbocycles. The highest BCUT2D eigenvalue weighted by molar-refractivity contribution is 5.68. The van der Waals surface area contributed by atoms with Crippen molar-refractivity contribution in [3.05, 3.63) is 0 Å². The standard InChI is InChI=1S/C11H21NO2.C2H4F3N/c1-11(2,3)14-10(13)12-9-7-5-4-6-8-9;3-2(4,5)1-6/h9H,4-8H2,1-3H3,(H,12,13);1,6H2. The molecule has 120 valence electrons. The largest absolute Gasteiger partial charge is 0.444 e. The minimum absolute atomic E-state index is 0.274. The van der Waals surface area contributed by atoms with Crippen molar-refractivity contribution in [3.63, 3.8) is 0 Å². The minimum Gasteiger partial charge on any atom is -0.444 e. The van der Waals surface area contributed by atoms with E-state index >= 15 is 0 Å². The molecule has 0 aromatic heterocycles. The van der Waals surface area contributed by atoms with Gasteiger partial charge in [0.15, 0.2) is 0 Å². The number of nitrogens with one attached hydrogen (secondary N) is 1. The number of amides is 1. The van der Waals surface area contributed by atoms with Crippen LogP contribution >= 0.6 is 0 Å². The van der Waals surface area contributed by atoms with Gasteiger partial charge in [0.2, 0.25) is 0 Å². The van der Waals surface area contributed by atoms with E-state index in [4.69, 9.17) is 4.74 Å². The molecule has 0 atom stereocenters. The van der Waals surface area contributed by atoms with Crippen molar-refractivity contribution in [1.29, 1.82) is 0 Å². The fraction of sp³-hybridized carbons (Fsp3) is 0.923. The minimum atomic E-state index is -4.18. The first-order chi connectivity index (χ1) is 9.03. The molecule has 0 aromatic rings. The fourth-order valence-corrected chi connectivity index (χ4v) is 1.72. The van der Waals surface area contributed by atoms with Gasteiger partial charge in [0, 0.05) is 6.04 Å². The number of halogens is 3. The molecule has 3 N–H and O–H groups in total. The maximum absolute atomic E-state index is 11.4. The summed E-state index contributed by atoms with van der Waals surface area (Å²) < 4.78 is 37.2. The van der Waals surface area contributed by atoms with Crippen LogP contribution in [-0.2, 0) is 4.74 Å². The van der Waals surface area contributed by atoms with Gasteiger partial charge in [-0.3, -0.25) is 0 Å². The van der Waals surface area contributed by atoms with E-state index in [0.717, 1.165) is 12.8 Å². The second kappa shape index (κ2) is 8.34. The molecule has 20 heavy (non-hydrogen) atoms. The van der Waals surface area contributed by atoms with Gasteiger partial charge in [-0.05, 0) is 33.6 Å². The van der Waals surface area contributed by atoms with Gasteiger partial charge < -0.3 is 15.8 Å². The summed E-state index contributed by atoms with van der Waals surface area (Å²) in [5, 5.41) is 2.91. The Bertz CT molecular complexity index is 282. The average molecular weight is 298 g/mol. The molecule has 0 aliphatic heterocycles. The molecule has 0 saturated heterocycles. The topological polar surface area (TPSA) is 64.3 Å². The van der Waals surface area contributed by atoms with Crippen molar-refractivity contribution in [1.82, 2.24) is 5.32 Å². The molecule has 4 nitrogen and oxygen atoms in total. The number of alkyl carbamates (subject to hydrolysis) is 1. The quantitative estimate of drug-likeness (QED) is 0.780. The van der Waals surface area contributed by atoms with Gasteiger partial charge in [0.1, 0.15) is 5.60 Å². The van der Waals surface area contributed by atoms with Crippen molar-refractivity contribution in [2.45, 2.75) is 70.7 Å². The molecule has 0 aromatic carbocycles. The number of carbonyl (C=O) groups is 1. The van der Waals surface area contributed by atoms with E-state index in [0.29, 0.717) is 6.04 Å². The molecule has 1 fully saturated rings. The summed E-state index contributed by atoms with van der Waals surface area (Å²) in [5.41, 5.74) is 3.79. The number of alkyl halides is 3. The van der Waals surface area contributed by atoms with Gasteiger partial charge in [0.25, 0.3) is 0 Å². The summed E-state index contributed by atoms with van der Waals surface area (Å²) in [6.07, 6.45) is 1.48. The molecule has 1 aliphatic rings. The summed E-state index contributed by atoms with van der Waals surface area (Å²) in [5.74, 6) is 0. The van der Waals surface area contributed by atoms with Crippen molar-refractivity contribution in [3.8, 4) is 0 Å². The van der Waals surface area contributed by atoms with E-state index in [1.165, 1.54) is 19.3 Å². The summed E-state index contributed by atoms with van der Waals surface area (Å²) in [6.45, 7) is 4.42. The monoisotopic (exact) mass is 298 g/mol. The van der Waals surface area contributed by atoms with E-state index in [1.807, 2.05) is 20.8 Å². The van der Waals surface area contributed by atoms with Crippen LogP contribution in [0.25, 0.3) is 0 Å². The summed E-state index contributed by atoms with van der Waals surface area (Å²) >= 11 is 0. The Balaban J connectivity index is 0.000000511. The van der Waals surface area contributed by atoms with Crippen molar-refractivity contribution < 1.29 is 22.7 Å². The van der Waals surface area contributed by atoms with Crippen LogP contribution in [0, 0.1) is 0 Å². The second-order valence-electron chi connectivity index (χ2n) is 5.80. The Hall–Kier alpha value is -0.980. The number of ether oxygens (including phenoxy) is 1. The first-order valence-corrected chi connectivity index (χ1v) is 6.80. The van der Waals surface area contributed by atoms with Crippen LogP contribution in [0.15, 0.2) is 0 Å². The maximum atomic E-state index is 11.4. The lowest BCUT2D eigenvalue weighted by Gasteiger charge is -2.25. The van der Waals surface area contributed by atoms with Crippen LogP contribution in [0.2, 0.25) is 0 Å². The third kappa shape index (κ3) is 12.1. The SMILES string of the molecule is CC(C)(C)OC(=O)NC1CCCCC1.NCC(F)(F)F. The van der Waals surface area contributed by atoms with Gasteiger partial charge in [0.05, 0.1) is 6.54 Å². The molecule has 1 amide bonds. The number of rotatable bonds is 1. The average Bonchev–Trinajstić information content (AvgIpc) is 2.27. The second-order valence-corrected chi connectivity index (χ2v) is 5.80. The Morgan fingerprint density at radius 1 is 1.20 bits per heavy atom. The lowest BCUT2D eigenvalue weighted by molar-refractivity contribution is -0.118. The third-order valence-corrected chi connectivity index (χ3v) is 2.56. The molecule has 1 rings (SSSR count). The Morgan fingerprint density at radius 2 is 1.65 bits per heavy atom. The summed E-state index contributed by atoms with van der Waals surface area (Å²) in [4.78, 5) is 11.4. The molecule has 7 heteroatoms. The van der Waals surface area contributed by atoms with Crippen molar-refractivity contribution >= 4 is 6.09 Å². The van der Waals surface area contributed by atoms with Gasteiger partial charge in [-0.25, -0.2) is 4.79 Å². The summed E-state index contributed by atoms with van der Waals surface area (Å²) in [7, 11) is 0.